The van der Waals surface area contributed by atoms with Gasteiger partial charge in [0.1, 0.15) is 11.4 Å². The highest BCUT2D eigenvalue weighted by atomic mass is 35.5. The first-order valence-electron chi connectivity index (χ1n) is 10.1. The predicted octanol–water partition coefficient (Wildman–Crippen LogP) is 4.34. The van der Waals surface area contributed by atoms with Crippen molar-refractivity contribution >= 4 is 38.4 Å². The summed E-state index contributed by atoms with van der Waals surface area (Å²) in [5.41, 5.74) is 2.74. The topological polar surface area (TPSA) is 90.3 Å². The molecular formula is C22H26ClN3O4S. The van der Waals surface area contributed by atoms with Crippen LogP contribution in [0, 0.1) is 0 Å². The highest BCUT2D eigenvalue weighted by molar-refractivity contribution is 7.90. The van der Waals surface area contributed by atoms with Gasteiger partial charge in [0, 0.05) is 11.1 Å². The smallest absolute Gasteiger partial charge is 0.283 e. The monoisotopic (exact) mass is 463 g/mol. The third-order valence-corrected chi connectivity index (χ3v) is 6.86. The SMILES string of the molecule is CCC(C)c1cc2cc(OC)c(Cl)cc2n1Cc1cccc(C(=O)NS(=O)(=O)CC)n1. The third kappa shape index (κ3) is 5.02. The molecule has 31 heavy (non-hydrogen) atoms. The number of fused-ring (bicyclic) bond motifs is 1. The van der Waals surface area contributed by atoms with Crippen LogP contribution in [-0.4, -0.2) is 36.7 Å². The number of sulfonamides is 1. The molecule has 3 rings (SSSR count). The van der Waals surface area contributed by atoms with Gasteiger partial charge in [-0.2, -0.15) is 0 Å². The summed E-state index contributed by atoms with van der Waals surface area (Å²) in [6.07, 6.45) is 0.950. The highest BCUT2D eigenvalue weighted by Gasteiger charge is 2.18. The van der Waals surface area contributed by atoms with Crippen LogP contribution >= 0.6 is 11.6 Å². The van der Waals surface area contributed by atoms with E-state index in [1.807, 2.05) is 22.9 Å². The van der Waals surface area contributed by atoms with Gasteiger partial charge in [-0.05, 0) is 49.6 Å². The van der Waals surface area contributed by atoms with Gasteiger partial charge in [-0.15, -0.1) is 0 Å². The fourth-order valence-corrected chi connectivity index (χ4v) is 4.12. The molecular weight excluding hydrogens is 438 g/mol. The van der Waals surface area contributed by atoms with E-state index in [1.54, 1.807) is 13.2 Å². The Morgan fingerprint density at radius 3 is 2.65 bits per heavy atom. The number of carbonyl (C=O) groups excluding carboxylic acids is 1. The number of methoxy groups -OCH3 is 1. The van der Waals surface area contributed by atoms with Gasteiger partial charge >= 0.3 is 0 Å². The largest absolute Gasteiger partial charge is 0.495 e. The first kappa shape index (κ1) is 23.1. The number of nitrogens with zero attached hydrogens (tertiary/aromatic N) is 2. The summed E-state index contributed by atoms with van der Waals surface area (Å²) in [7, 11) is -2.08. The fraction of sp³-hybridized carbons (Fsp3) is 0.364. The number of pyridine rings is 1. The van der Waals surface area contributed by atoms with Crippen LogP contribution in [0.1, 0.15) is 55.0 Å². The first-order valence-corrected chi connectivity index (χ1v) is 12.1. The molecule has 0 aliphatic rings. The Morgan fingerprint density at radius 2 is 2.00 bits per heavy atom. The molecule has 1 unspecified atom stereocenters. The van der Waals surface area contributed by atoms with Gasteiger partial charge in [-0.1, -0.05) is 31.5 Å². The lowest BCUT2D eigenvalue weighted by Gasteiger charge is -2.15. The molecule has 1 atom stereocenters. The average molecular weight is 464 g/mol. The van der Waals surface area contributed by atoms with Gasteiger partial charge in [0.15, 0.2) is 0 Å². The maximum Gasteiger partial charge on any atom is 0.283 e. The molecule has 0 saturated carbocycles. The lowest BCUT2D eigenvalue weighted by molar-refractivity contribution is 0.0976. The zero-order valence-corrected chi connectivity index (χ0v) is 19.5. The third-order valence-electron chi connectivity index (χ3n) is 5.31. The molecule has 0 spiro atoms. The number of hydrogen-bond donors (Lipinski definition) is 1. The first-order chi connectivity index (χ1) is 14.7. The molecule has 1 aromatic carbocycles. The summed E-state index contributed by atoms with van der Waals surface area (Å²) in [6.45, 7) is 6.15. The second kappa shape index (κ2) is 9.28. The van der Waals surface area contributed by atoms with Gasteiger partial charge in [-0.25, -0.2) is 18.1 Å². The van der Waals surface area contributed by atoms with E-state index in [0.29, 0.717) is 28.9 Å². The Labute approximate surface area is 187 Å². The average Bonchev–Trinajstić information content (AvgIpc) is 3.09. The summed E-state index contributed by atoms with van der Waals surface area (Å²) in [4.78, 5) is 16.7. The van der Waals surface area contributed by atoms with Crippen molar-refractivity contribution < 1.29 is 17.9 Å². The van der Waals surface area contributed by atoms with Crippen molar-refractivity contribution in [2.45, 2.75) is 39.7 Å². The van der Waals surface area contributed by atoms with Crippen molar-refractivity contribution in [3.63, 3.8) is 0 Å². The highest BCUT2D eigenvalue weighted by Crippen LogP contribution is 2.34. The van der Waals surface area contributed by atoms with Crippen molar-refractivity contribution in [2.75, 3.05) is 12.9 Å². The van der Waals surface area contributed by atoms with Crippen LogP contribution in [0.5, 0.6) is 5.75 Å². The Morgan fingerprint density at radius 1 is 1.26 bits per heavy atom. The second-order valence-electron chi connectivity index (χ2n) is 7.36. The van der Waals surface area contributed by atoms with Gasteiger partial charge in [-0.3, -0.25) is 4.79 Å². The minimum absolute atomic E-state index is 0.0516. The predicted molar refractivity (Wildman–Crippen MR) is 122 cm³/mol. The molecule has 0 bridgehead atoms. The normalized spacial score (nSPS) is 12.7. The fourth-order valence-electron chi connectivity index (χ4n) is 3.36. The number of rotatable bonds is 8. The van der Waals surface area contributed by atoms with Crippen LogP contribution in [0.4, 0.5) is 0 Å². The molecule has 0 radical (unpaired) electrons. The molecule has 0 aliphatic carbocycles. The van der Waals surface area contributed by atoms with Crippen LogP contribution in [0.3, 0.4) is 0 Å². The second-order valence-corrected chi connectivity index (χ2v) is 9.78. The Bertz CT molecular complexity index is 1220. The van der Waals surface area contributed by atoms with E-state index in [1.165, 1.54) is 13.0 Å². The summed E-state index contributed by atoms with van der Waals surface area (Å²) < 4.78 is 32.9. The quantitative estimate of drug-likeness (QED) is 0.536. The lowest BCUT2D eigenvalue weighted by Crippen LogP contribution is -2.32. The summed E-state index contributed by atoms with van der Waals surface area (Å²) >= 11 is 6.38. The number of amides is 1. The van der Waals surface area contributed by atoms with Crippen LogP contribution in [-0.2, 0) is 16.6 Å². The van der Waals surface area contributed by atoms with E-state index < -0.39 is 15.9 Å². The Balaban J connectivity index is 2.03. The molecule has 9 heteroatoms. The summed E-state index contributed by atoms with van der Waals surface area (Å²) in [6, 6.07) is 10.9. The van der Waals surface area contributed by atoms with E-state index in [-0.39, 0.29) is 11.4 Å². The molecule has 0 saturated heterocycles. The number of carbonyl (C=O) groups is 1. The van der Waals surface area contributed by atoms with Crippen LogP contribution in [0.15, 0.2) is 36.4 Å². The standard InChI is InChI=1S/C22H26ClN3O4S/c1-5-14(3)19-10-15-11-21(30-4)17(23)12-20(15)26(19)13-16-8-7-9-18(24-16)22(27)25-31(28,29)6-2/h7-12,14H,5-6,13H2,1-4H3,(H,25,27). The molecule has 3 aromatic rings. The summed E-state index contributed by atoms with van der Waals surface area (Å²) in [5, 5.41) is 1.51. The molecule has 0 fully saturated rings. The minimum atomic E-state index is -3.66. The van der Waals surface area contributed by atoms with Gasteiger partial charge in [0.25, 0.3) is 5.91 Å². The molecule has 2 heterocycles. The van der Waals surface area contributed by atoms with E-state index in [9.17, 15) is 13.2 Å². The van der Waals surface area contributed by atoms with Crippen molar-refractivity contribution in [3.8, 4) is 5.75 Å². The van der Waals surface area contributed by atoms with Crippen molar-refractivity contribution in [2.24, 2.45) is 0 Å². The molecule has 166 valence electrons. The summed E-state index contributed by atoms with van der Waals surface area (Å²) in [5.74, 6) is -0.0266. The molecule has 7 nitrogen and oxygen atoms in total. The number of aromatic nitrogens is 2. The van der Waals surface area contributed by atoms with Gasteiger partial charge in [0.2, 0.25) is 10.0 Å². The number of ether oxygens (including phenoxy) is 1. The zero-order valence-electron chi connectivity index (χ0n) is 18.0. The van der Waals surface area contributed by atoms with Crippen LogP contribution in [0.25, 0.3) is 10.9 Å². The van der Waals surface area contributed by atoms with E-state index in [2.05, 4.69) is 29.5 Å². The van der Waals surface area contributed by atoms with Crippen LogP contribution in [0.2, 0.25) is 5.02 Å². The number of hydrogen-bond acceptors (Lipinski definition) is 5. The van der Waals surface area contributed by atoms with Crippen LogP contribution < -0.4 is 9.46 Å². The van der Waals surface area contributed by atoms with Gasteiger partial charge < -0.3 is 9.30 Å². The van der Waals surface area contributed by atoms with E-state index >= 15 is 0 Å². The molecule has 0 aliphatic heterocycles. The van der Waals surface area contributed by atoms with Crippen molar-refractivity contribution in [1.29, 1.82) is 0 Å². The lowest BCUT2D eigenvalue weighted by atomic mass is 10.0. The van der Waals surface area contributed by atoms with Crippen molar-refractivity contribution in [3.05, 3.63) is 58.5 Å². The molecule has 1 N–H and O–H groups in total. The van der Waals surface area contributed by atoms with E-state index in [4.69, 9.17) is 16.3 Å². The molecule has 2 aromatic heterocycles. The van der Waals surface area contributed by atoms with Crippen molar-refractivity contribution in [1.82, 2.24) is 14.3 Å². The Hall–Kier alpha value is -2.58. The van der Waals surface area contributed by atoms with Gasteiger partial charge in [0.05, 0.1) is 35.6 Å². The maximum atomic E-state index is 12.3. The zero-order chi connectivity index (χ0) is 22.8. The van der Waals surface area contributed by atoms with E-state index in [0.717, 1.165) is 23.0 Å². The number of benzene rings is 1. The number of nitrogens with one attached hydrogen (secondary N) is 1. The minimum Gasteiger partial charge on any atom is -0.495 e. The Kier molecular flexibility index (Phi) is 6.91. The maximum absolute atomic E-state index is 12.3. The number of halogens is 1. The molecule has 1 amide bonds.